The van der Waals surface area contributed by atoms with Crippen LogP contribution in [0.4, 0.5) is 8.78 Å². The zero-order valence-electron chi connectivity index (χ0n) is 7.30. The van der Waals surface area contributed by atoms with Gasteiger partial charge in [-0.25, -0.2) is 8.78 Å². The third kappa shape index (κ3) is 1.28. The Kier molecular flexibility index (Phi) is 1.84. The summed E-state index contributed by atoms with van der Waals surface area (Å²) in [5.41, 5.74) is 0.0488. The van der Waals surface area contributed by atoms with Gasteiger partial charge in [-0.2, -0.15) is 0 Å². The molecule has 0 amide bonds. The molecule has 1 heterocycles. The minimum Gasteiger partial charge on any atom is -0.453 e. The highest BCUT2D eigenvalue weighted by molar-refractivity contribution is 5.96. The van der Waals surface area contributed by atoms with Crippen LogP contribution in [-0.4, -0.2) is 5.78 Å². The van der Waals surface area contributed by atoms with Crippen molar-refractivity contribution in [1.29, 1.82) is 0 Å². The molecule has 14 heavy (non-hydrogen) atoms. The number of carbonyl (C=O) groups excluding carboxylic acids is 1. The molecule has 4 heteroatoms. The molecule has 0 aliphatic heterocycles. The van der Waals surface area contributed by atoms with E-state index in [1.807, 2.05) is 0 Å². The Labute approximate surface area is 78.1 Å². The molecule has 0 saturated heterocycles. The molecule has 1 aromatic heterocycles. The van der Waals surface area contributed by atoms with Crippen LogP contribution < -0.4 is 0 Å². The van der Waals surface area contributed by atoms with E-state index in [1.165, 1.54) is 13.0 Å². The monoisotopic (exact) mass is 196 g/mol. The molecule has 2 aromatic rings. The number of hydrogen-bond acceptors (Lipinski definition) is 2. The SMILES string of the molecule is CC(=O)c1cc2c(F)cc(F)cc2o1. The molecule has 0 fully saturated rings. The fourth-order valence-corrected chi connectivity index (χ4v) is 1.24. The van der Waals surface area contributed by atoms with Crippen LogP contribution in [0.25, 0.3) is 11.0 Å². The molecule has 72 valence electrons. The number of rotatable bonds is 1. The van der Waals surface area contributed by atoms with Crippen molar-refractivity contribution in [3.8, 4) is 0 Å². The minimum absolute atomic E-state index is 0.0319. The standard InChI is InChI=1S/C10H6F2O2/c1-5(13)9-4-7-8(12)2-6(11)3-10(7)14-9/h2-4H,1H3. The van der Waals surface area contributed by atoms with E-state index in [0.717, 1.165) is 12.1 Å². The molecule has 0 aliphatic rings. The minimum atomic E-state index is -0.726. The first-order valence-electron chi connectivity index (χ1n) is 3.97. The molecule has 0 spiro atoms. The van der Waals surface area contributed by atoms with Crippen LogP contribution in [0.2, 0.25) is 0 Å². The maximum Gasteiger partial charge on any atom is 0.194 e. The smallest absolute Gasteiger partial charge is 0.194 e. The van der Waals surface area contributed by atoms with Crippen LogP contribution in [0.1, 0.15) is 17.5 Å². The molecule has 0 unspecified atom stereocenters. The topological polar surface area (TPSA) is 30.2 Å². The summed E-state index contributed by atoms with van der Waals surface area (Å²) in [6, 6.07) is 3.07. The first kappa shape index (κ1) is 8.87. The van der Waals surface area contributed by atoms with Crippen molar-refractivity contribution in [3.63, 3.8) is 0 Å². The summed E-state index contributed by atoms with van der Waals surface area (Å²) in [7, 11) is 0. The van der Waals surface area contributed by atoms with Crippen LogP contribution in [-0.2, 0) is 0 Å². The summed E-state index contributed by atoms with van der Waals surface area (Å²) in [6.07, 6.45) is 0. The Morgan fingerprint density at radius 1 is 1.29 bits per heavy atom. The molecule has 0 radical (unpaired) electrons. The predicted molar refractivity (Wildman–Crippen MR) is 46.1 cm³/mol. The fourth-order valence-electron chi connectivity index (χ4n) is 1.24. The third-order valence-corrected chi connectivity index (χ3v) is 1.90. The normalized spacial score (nSPS) is 10.8. The summed E-state index contributed by atoms with van der Waals surface area (Å²) in [5.74, 6) is -1.73. The van der Waals surface area contributed by atoms with Gasteiger partial charge in [0.2, 0.25) is 0 Å². The molecule has 2 rings (SSSR count). The number of benzene rings is 1. The maximum absolute atomic E-state index is 13.1. The third-order valence-electron chi connectivity index (χ3n) is 1.90. The second kappa shape index (κ2) is 2.90. The Balaban J connectivity index is 2.76. The molecule has 0 atom stereocenters. The quantitative estimate of drug-likeness (QED) is 0.656. The number of hydrogen-bond donors (Lipinski definition) is 0. The van der Waals surface area contributed by atoms with Gasteiger partial charge in [0.05, 0.1) is 5.39 Å². The largest absolute Gasteiger partial charge is 0.453 e. The molecule has 2 nitrogen and oxygen atoms in total. The van der Waals surface area contributed by atoms with Gasteiger partial charge in [-0.3, -0.25) is 4.79 Å². The van der Waals surface area contributed by atoms with E-state index in [4.69, 9.17) is 4.42 Å². The van der Waals surface area contributed by atoms with Crippen molar-refractivity contribution in [3.05, 3.63) is 35.6 Å². The molecule has 0 aliphatic carbocycles. The highest BCUT2D eigenvalue weighted by Crippen LogP contribution is 2.23. The van der Waals surface area contributed by atoms with Gasteiger partial charge in [-0.1, -0.05) is 0 Å². The highest BCUT2D eigenvalue weighted by atomic mass is 19.1. The summed E-state index contributed by atoms with van der Waals surface area (Å²) < 4.78 is 30.8. The molecule has 0 saturated carbocycles. The zero-order chi connectivity index (χ0) is 10.3. The van der Waals surface area contributed by atoms with E-state index in [0.29, 0.717) is 0 Å². The lowest BCUT2D eigenvalue weighted by atomic mass is 10.2. The predicted octanol–water partition coefficient (Wildman–Crippen LogP) is 2.91. The lowest BCUT2D eigenvalue weighted by Gasteiger charge is -1.90. The van der Waals surface area contributed by atoms with Gasteiger partial charge in [-0.05, 0) is 6.07 Å². The number of fused-ring (bicyclic) bond motifs is 1. The van der Waals surface area contributed by atoms with E-state index in [-0.39, 0.29) is 22.5 Å². The van der Waals surface area contributed by atoms with E-state index in [9.17, 15) is 13.6 Å². The average molecular weight is 196 g/mol. The van der Waals surface area contributed by atoms with Crippen LogP contribution in [0.5, 0.6) is 0 Å². The molecule has 0 N–H and O–H groups in total. The lowest BCUT2D eigenvalue weighted by molar-refractivity contribution is 0.0989. The summed E-state index contributed by atoms with van der Waals surface area (Å²) in [6.45, 7) is 1.30. The Morgan fingerprint density at radius 2 is 2.00 bits per heavy atom. The molecule has 1 aromatic carbocycles. The van der Waals surface area contributed by atoms with Gasteiger partial charge in [0.25, 0.3) is 0 Å². The van der Waals surface area contributed by atoms with Gasteiger partial charge < -0.3 is 4.42 Å². The van der Waals surface area contributed by atoms with E-state index >= 15 is 0 Å². The Hall–Kier alpha value is -1.71. The van der Waals surface area contributed by atoms with Crippen molar-refractivity contribution in [2.24, 2.45) is 0 Å². The van der Waals surface area contributed by atoms with E-state index < -0.39 is 11.6 Å². The van der Waals surface area contributed by atoms with Crippen molar-refractivity contribution >= 4 is 16.8 Å². The number of halogens is 2. The van der Waals surface area contributed by atoms with Crippen LogP contribution >= 0.6 is 0 Å². The first-order valence-corrected chi connectivity index (χ1v) is 3.97. The second-order valence-corrected chi connectivity index (χ2v) is 2.97. The molecular formula is C10H6F2O2. The Morgan fingerprint density at radius 3 is 2.64 bits per heavy atom. The van der Waals surface area contributed by atoms with Gasteiger partial charge in [0, 0.05) is 19.1 Å². The number of ketones is 1. The summed E-state index contributed by atoms with van der Waals surface area (Å²) in [5, 5.41) is 0.122. The van der Waals surface area contributed by atoms with Crippen LogP contribution in [0.15, 0.2) is 22.6 Å². The maximum atomic E-state index is 13.1. The molecule has 0 bridgehead atoms. The fraction of sp³-hybridized carbons (Fsp3) is 0.100. The van der Waals surface area contributed by atoms with Crippen LogP contribution in [0, 0.1) is 11.6 Å². The van der Waals surface area contributed by atoms with Crippen LogP contribution in [0.3, 0.4) is 0 Å². The first-order chi connectivity index (χ1) is 6.58. The average Bonchev–Trinajstić information content (AvgIpc) is 2.47. The summed E-state index contributed by atoms with van der Waals surface area (Å²) >= 11 is 0. The van der Waals surface area contributed by atoms with E-state index in [1.54, 1.807) is 0 Å². The van der Waals surface area contributed by atoms with E-state index in [2.05, 4.69) is 0 Å². The second-order valence-electron chi connectivity index (χ2n) is 2.97. The summed E-state index contributed by atoms with van der Waals surface area (Å²) in [4.78, 5) is 10.9. The number of Topliss-reactive ketones (excluding diaryl/α,β-unsaturated/α-hetero) is 1. The van der Waals surface area contributed by atoms with Gasteiger partial charge >= 0.3 is 0 Å². The van der Waals surface area contributed by atoms with Crippen molar-refractivity contribution in [2.45, 2.75) is 6.92 Å². The van der Waals surface area contributed by atoms with Gasteiger partial charge in [0.1, 0.15) is 17.2 Å². The lowest BCUT2D eigenvalue weighted by Crippen LogP contribution is -1.85. The highest BCUT2D eigenvalue weighted by Gasteiger charge is 2.12. The zero-order valence-corrected chi connectivity index (χ0v) is 7.30. The van der Waals surface area contributed by atoms with Crippen molar-refractivity contribution in [2.75, 3.05) is 0 Å². The van der Waals surface area contributed by atoms with Crippen molar-refractivity contribution < 1.29 is 18.0 Å². The van der Waals surface area contributed by atoms with Gasteiger partial charge in [0.15, 0.2) is 11.5 Å². The van der Waals surface area contributed by atoms with Crippen molar-refractivity contribution in [1.82, 2.24) is 0 Å². The number of carbonyl (C=O) groups is 1. The Bertz CT molecular complexity index is 514. The molecular weight excluding hydrogens is 190 g/mol. The number of furan rings is 1. The van der Waals surface area contributed by atoms with Gasteiger partial charge in [-0.15, -0.1) is 0 Å².